The minimum absolute atomic E-state index is 0. The van der Waals surface area contributed by atoms with Crippen LogP contribution in [0.4, 0.5) is 0 Å². The van der Waals surface area contributed by atoms with Crippen molar-refractivity contribution in [1.82, 2.24) is 10.6 Å². The molecule has 172 valence electrons. The third kappa shape index (κ3) is 11.0. The molecule has 0 aliphatic heterocycles. The summed E-state index contributed by atoms with van der Waals surface area (Å²) >= 11 is 0. The number of hydrogen-bond acceptors (Lipinski definition) is 9. The second kappa shape index (κ2) is 14.3. The fourth-order valence-corrected chi connectivity index (χ4v) is 1.88. The zero-order chi connectivity index (χ0) is 22.8. The largest absolute Gasteiger partial charge is 2.00 e. The number of hydrogen-bond donors (Lipinski definition) is 6. The number of amides is 2. The molecule has 0 heterocycles. The molecular weight excluding hydrogens is 428 g/mol. The van der Waals surface area contributed by atoms with E-state index in [-0.39, 0.29) is 66.5 Å². The predicted molar refractivity (Wildman–Crippen MR) is 108 cm³/mol. The third-order valence-electron chi connectivity index (χ3n) is 4.28. The average Bonchev–Trinajstić information content (AvgIpc) is 2.66. The van der Waals surface area contributed by atoms with E-state index in [2.05, 4.69) is 15.4 Å². The van der Waals surface area contributed by atoms with E-state index in [0.29, 0.717) is 0 Å². The summed E-state index contributed by atoms with van der Waals surface area (Å²) in [6.45, 7) is 4.79. The van der Waals surface area contributed by atoms with Gasteiger partial charge in [0.1, 0.15) is 12.2 Å². The zero-order valence-electron chi connectivity index (χ0n) is 19.9. The quantitative estimate of drug-likeness (QED) is 0.105. The molecule has 0 spiro atoms. The van der Waals surface area contributed by atoms with Crippen molar-refractivity contribution in [2.75, 3.05) is 26.3 Å². The van der Waals surface area contributed by atoms with Crippen molar-refractivity contribution >= 4 is 61.5 Å². The van der Waals surface area contributed by atoms with Crippen LogP contribution < -0.4 is 10.6 Å². The summed E-state index contributed by atoms with van der Waals surface area (Å²) in [5.74, 6) is -3.34. The molecule has 2 amide bonds. The van der Waals surface area contributed by atoms with E-state index in [4.69, 9.17) is 10.2 Å². The number of nitrogens with one attached hydrogen (secondary N) is 2. The number of ether oxygens (including phenoxy) is 1. The minimum atomic E-state index is -1.47. The third-order valence-corrected chi connectivity index (χ3v) is 4.28. The fourth-order valence-electron chi connectivity index (χ4n) is 1.88. The van der Waals surface area contributed by atoms with E-state index in [1.54, 1.807) is 0 Å². The van der Waals surface area contributed by atoms with E-state index >= 15 is 0 Å². The summed E-state index contributed by atoms with van der Waals surface area (Å²) in [6.07, 6.45) is -3.58. The summed E-state index contributed by atoms with van der Waals surface area (Å²) in [4.78, 5) is 46.6. The Hall–Kier alpha value is -0.820. The Kier molecular flexibility index (Phi) is 14.9. The Labute approximate surface area is 208 Å². The fraction of sp³-hybridized carbons (Fsp3) is 0.778. The number of rotatable bonds is 12. The van der Waals surface area contributed by atoms with Crippen LogP contribution in [-0.4, -0.2) is 120 Å². The molecule has 0 rings (SSSR count). The SMILES string of the molecule is CC(C)(CO)[C@@H](O)C(=O)NCCC(=O)OC(=O)CCNC(=O)[C@H](O)C(C)(C)CO.[Ca+2].[H-].[H-]. The van der Waals surface area contributed by atoms with Gasteiger partial charge in [-0.2, -0.15) is 0 Å². The number of carbonyl (C=O) groups is 4. The molecule has 0 aliphatic rings. The summed E-state index contributed by atoms with van der Waals surface area (Å²) in [7, 11) is 0. The molecule has 6 N–H and O–H groups in total. The van der Waals surface area contributed by atoms with Gasteiger partial charge in [0.15, 0.2) is 0 Å². The zero-order valence-corrected chi connectivity index (χ0v) is 20.1. The summed E-state index contributed by atoms with van der Waals surface area (Å²) in [5, 5.41) is 42.4. The maximum Gasteiger partial charge on any atom is 2.00 e. The van der Waals surface area contributed by atoms with Gasteiger partial charge in [0.05, 0.1) is 26.1 Å². The number of aliphatic hydroxyl groups is 4. The maximum atomic E-state index is 11.7. The van der Waals surface area contributed by atoms with E-state index in [0.717, 1.165) is 0 Å². The van der Waals surface area contributed by atoms with Crippen LogP contribution in [0, 0.1) is 10.8 Å². The van der Waals surface area contributed by atoms with Crippen LogP contribution in [0.5, 0.6) is 0 Å². The van der Waals surface area contributed by atoms with Crippen molar-refractivity contribution in [3.63, 3.8) is 0 Å². The van der Waals surface area contributed by atoms with Gasteiger partial charge in [-0.15, -0.1) is 0 Å². The van der Waals surface area contributed by atoms with Crippen LogP contribution >= 0.6 is 0 Å². The molecular formula is C18H34CaN2O9. The molecule has 0 saturated heterocycles. The average molecular weight is 463 g/mol. The minimum Gasteiger partial charge on any atom is -1.00 e. The van der Waals surface area contributed by atoms with Gasteiger partial charge in [-0.25, -0.2) is 0 Å². The van der Waals surface area contributed by atoms with E-state index in [1.165, 1.54) is 27.7 Å². The van der Waals surface area contributed by atoms with Gasteiger partial charge in [0, 0.05) is 23.9 Å². The Morgan fingerprint density at radius 1 is 0.800 bits per heavy atom. The molecule has 0 aliphatic carbocycles. The molecule has 0 saturated carbocycles. The molecule has 0 radical (unpaired) electrons. The molecule has 0 aromatic rings. The second-order valence-electron chi connectivity index (χ2n) is 8.03. The first kappa shape index (κ1) is 31.4. The first-order valence-corrected chi connectivity index (χ1v) is 9.15. The Morgan fingerprint density at radius 3 is 1.37 bits per heavy atom. The number of esters is 2. The van der Waals surface area contributed by atoms with Gasteiger partial charge in [-0.1, -0.05) is 27.7 Å². The van der Waals surface area contributed by atoms with Gasteiger partial charge in [-0.3, -0.25) is 19.2 Å². The summed E-state index contributed by atoms with van der Waals surface area (Å²) < 4.78 is 4.53. The molecule has 0 bridgehead atoms. The Bertz CT molecular complexity index is 557. The van der Waals surface area contributed by atoms with Gasteiger partial charge >= 0.3 is 49.7 Å². The topological polar surface area (TPSA) is 182 Å². The van der Waals surface area contributed by atoms with Gasteiger partial charge in [0.25, 0.3) is 0 Å². The number of carbonyl (C=O) groups excluding carboxylic acids is 4. The smallest absolute Gasteiger partial charge is 1.00 e. The van der Waals surface area contributed by atoms with Crippen LogP contribution in [0.25, 0.3) is 0 Å². The Morgan fingerprint density at radius 2 is 1.10 bits per heavy atom. The van der Waals surface area contributed by atoms with Crippen LogP contribution in [0.3, 0.4) is 0 Å². The summed E-state index contributed by atoms with van der Waals surface area (Å²) in [5.41, 5.74) is -2.10. The van der Waals surface area contributed by atoms with Gasteiger partial charge in [0.2, 0.25) is 11.8 Å². The van der Waals surface area contributed by atoms with Gasteiger partial charge in [-0.05, 0) is 0 Å². The van der Waals surface area contributed by atoms with Crippen molar-refractivity contribution in [2.24, 2.45) is 10.8 Å². The van der Waals surface area contributed by atoms with Crippen molar-refractivity contribution < 1.29 is 47.2 Å². The molecule has 0 fully saturated rings. The predicted octanol–water partition coefficient (Wildman–Crippen LogP) is -2.33. The number of aliphatic hydroxyl groups excluding tert-OH is 4. The second-order valence-corrected chi connectivity index (χ2v) is 8.03. The molecule has 0 unspecified atom stereocenters. The summed E-state index contributed by atoms with van der Waals surface area (Å²) in [6, 6.07) is 0. The molecule has 11 nitrogen and oxygen atoms in total. The van der Waals surface area contributed by atoms with Crippen molar-refractivity contribution in [2.45, 2.75) is 52.7 Å². The molecule has 0 aromatic heterocycles. The monoisotopic (exact) mass is 462 g/mol. The molecule has 12 heteroatoms. The Balaban J connectivity index is -0.00000131. The van der Waals surface area contributed by atoms with Crippen LogP contribution in [0.1, 0.15) is 43.4 Å². The van der Waals surface area contributed by atoms with Crippen molar-refractivity contribution in [1.29, 1.82) is 0 Å². The van der Waals surface area contributed by atoms with Crippen molar-refractivity contribution in [3.05, 3.63) is 0 Å². The molecule has 30 heavy (non-hydrogen) atoms. The maximum absolute atomic E-state index is 11.7. The van der Waals surface area contributed by atoms with E-state index in [9.17, 15) is 29.4 Å². The standard InChI is InChI=1S/C18H32N2O9.Ca.2H/c1-17(2,9-21)13(25)15(27)19-7-5-11(23)29-12(24)6-8-20-16(28)14(26)18(3,4)10-22;;;/h13-14,21-22,25-26H,5-10H2,1-4H3,(H,19,27)(H,20,28);;;/q;+2;2*-1/t13-,14-;;;/m0.../s1. The van der Waals surface area contributed by atoms with Gasteiger partial charge < -0.3 is 38.6 Å². The first-order valence-electron chi connectivity index (χ1n) is 9.15. The molecule has 0 aromatic carbocycles. The van der Waals surface area contributed by atoms with Crippen LogP contribution in [-0.2, 0) is 23.9 Å². The van der Waals surface area contributed by atoms with Crippen molar-refractivity contribution in [3.8, 4) is 0 Å². The molecule has 2 atom stereocenters. The van der Waals surface area contributed by atoms with E-state index in [1.807, 2.05) is 0 Å². The van der Waals surface area contributed by atoms with Crippen LogP contribution in [0.15, 0.2) is 0 Å². The van der Waals surface area contributed by atoms with E-state index < -0.39 is 60.0 Å². The normalized spacial score (nSPS) is 13.5. The van der Waals surface area contributed by atoms with Crippen LogP contribution in [0.2, 0.25) is 0 Å². The first-order chi connectivity index (χ1) is 13.3.